The number of thiol groups is 1. The largest absolute Gasteiger partial charge is 0.384 e. The number of aromatic amines is 2. The van der Waals surface area contributed by atoms with Gasteiger partial charge in [0.15, 0.2) is 11.6 Å². The molecule has 6 aromatic heterocycles. The molecule has 0 saturated carbocycles. The van der Waals surface area contributed by atoms with Gasteiger partial charge < -0.3 is 16.4 Å². The highest BCUT2D eigenvalue weighted by molar-refractivity contribution is 9.10. The van der Waals surface area contributed by atoms with Crippen molar-refractivity contribution in [3.63, 3.8) is 0 Å². The van der Waals surface area contributed by atoms with Crippen LogP contribution in [0.5, 0.6) is 0 Å². The highest BCUT2D eigenvalue weighted by Crippen LogP contribution is 2.40. The van der Waals surface area contributed by atoms with Crippen molar-refractivity contribution in [1.82, 2.24) is 40.3 Å². The van der Waals surface area contributed by atoms with Gasteiger partial charge in [0.2, 0.25) is 0 Å². The number of benzene rings is 4. The topological polar surface area (TPSA) is 188 Å². The van der Waals surface area contributed by atoms with Crippen LogP contribution in [0.4, 0.5) is 23.0 Å². The molecule has 13 nitrogen and oxygen atoms in total. The number of pyridine rings is 4. The molecule has 7 heterocycles. The van der Waals surface area contributed by atoms with Gasteiger partial charge in [-0.3, -0.25) is 39.3 Å². The minimum absolute atomic E-state index is 0.171. The van der Waals surface area contributed by atoms with Crippen LogP contribution in [0.25, 0.3) is 43.6 Å². The SMILES string of the molecule is CC(C)(C)S.CC1=C(C)C(N)=NC1.Cc1cc2nccc(Cl)c2cc1Br.Cc1cc2nccc(Cl)c2cc1SC(C)(C)C.Cc1cc2nccc(Nc3n[nH]c(C)c3C)c2cc1S(=O)C(C)(C)C.Cc1cc2nccc(Nc3n[nH]c(C)c3C)c2cc1SC(C)(C)C. The predicted molar refractivity (Wildman–Crippen MR) is 407 cm³/mol. The van der Waals surface area contributed by atoms with E-state index in [0.717, 1.165) is 126 Å². The van der Waals surface area contributed by atoms with Crippen LogP contribution in [-0.2, 0) is 10.8 Å². The minimum atomic E-state index is -1.10. The van der Waals surface area contributed by atoms with Gasteiger partial charge in [0.1, 0.15) is 5.84 Å². The lowest BCUT2D eigenvalue weighted by molar-refractivity contribution is 0.648. The van der Waals surface area contributed by atoms with E-state index in [9.17, 15) is 4.21 Å². The summed E-state index contributed by atoms with van der Waals surface area (Å²) in [6.45, 7) is 46.7. The highest BCUT2D eigenvalue weighted by Gasteiger charge is 2.24. The number of fused-ring (bicyclic) bond motifs is 4. The van der Waals surface area contributed by atoms with Crippen LogP contribution >= 0.6 is 75.3 Å². The molecular formula is C72H91BrCl2N12OS4. The number of aryl methyl sites for hydroxylation is 6. The number of aliphatic imine (C=N–C) groups is 1. The monoisotopic (exact) mass is 1420 g/mol. The summed E-state index contributed by atoms with van der Waals surface area (Å²) < 4.78 is 14.2. The Kier molecular flexibility index (Phi) is 25.7. The molecule has 0 bridgehead atoms. The van der Waals surface area contributed by atoms with Gasteiger partial charge in [0.25, 0.3) is 0 Å². The maximum Gasteiger partial charge on any atom is 0.155 e. The van der Waals surface area contributed by atoms with Crippen LogP contribution in [0.1, 0.15) is 142 Å². The van der Waals surface area contributed by atoms with Crippen LogP contribution in [0.2, 0.25) is 10.0 Å². The number of hydrogen-bond donors (Lipinski definition) is 6. The van der Waals surface area contributed by atoms with Crippen LogP contribution in [-0.4, -0.2) is 75.9 Å². The molecule has 10 aromatic rings. The van der Waals surface area contributed by atoms with Gasteiger partial charge in [0.05, 0.1) is 60.8 Å². The maximum absolute atomic E-state index is 12.9. The molecule has 6 N–H and O–H groups in total. The van der Waals surface area contributed by atoms with Crippen LogP contribution in [0.15, 0.2) is 133 Å². The second-order valence-electron chi connectivity index (χ2n) is 26.8. The van der Waals surface area contributed by atoms with Gasteiger partial charge in [-0.05, 0) is 196 Å². The number of H-pyrrole nitrogens is 2. The fourth-order valence-electron chi connectivity index (χ4n) is 8.79. The zero-order valence-corrected chi connectivity index (χ0v) is 63.8. The molecule has 0 amide bonds. The van der Waals surface area contributed by atoms with Crippen molar-refractivity contribution in [3.8, 4) is 0 Å². The first kappa shape index (κ1) is 75.0. The van der Waals surface area contributed by atoms with Crippen molar-refractivity contribution in [3.05, 3.63) is 168 Å². The van der Waals surface area contributed by atoms with Crippen molar-refractivity contribution in [2.24, 2.45) is 10.7 Å². The zero-order valence-electron chi connectivity index (χ0n) is 57.4. The number of rotatable bonds is 7. The highest BCUT2D eigenvalue weighted by atomic mass is 79.9. The number of nitrogens with zero attached hydrogens (tertiary/aromatic N) is 7. The van der Waals surface area contributed by atoms with E-state index in [0.29, 0.717) is 5.84 Å². The normalized spacial score (nSPS) is 12.8. The molecule has 0 spiro atoms. The molecule has 20 heteroatoms. The number of nitrogens with two attached hydrogens (primary N) is 1. The summed E-state index contributed by atoms with van der Waals surface area (Å²) in [5, 5.41) is 27.1. The molecule has 1 atom stereocenters. The van der Waals surface area contributed by atoms with Crippen molar-refractivity contribution in [1.29, 1.82) is 0 Å². The molecule has 490 valence electrons. The van der Waals surface area contributed by atoms with Crippen molar-refractivity contribution < 1.29 is 4.21 Å². The summed E-state index contributed by atoms with van der Waals surface area (Å²) in [4.78, 5) is 25.0. The lowest BCUT2D eigenvalue weighted by Crippen LogP contribution is -2.22. The third kappa shape index (κ3) is 21.3. The molecule has 1 unspecified atom stereocenters. The fraction of sp³-hybridized carbons (Fsp3) is 0.375. The van der Waals surface area contributed by atoms with Crippen molar-refractivity contribution in [2.75, 3.05) is 17.2 Å². The molecule has 92 heavy (non-hydrogen) atoms. The Morgan fingerprint density at radius 1 is 0.543 bits per heavy atom. The maximum atomic E-state index is 12.9. The Balaban J connectivity index is 0.000000186. The summed E-state index contributed by atoms with van der Waals surface area (Å²) >= 11 is 23.6. The average molecular weight is 1420 g/mol. The molecule has 0 fully saturated rings. The molecule has 0 radical (unpaired) electrons. The summed E-state index contributed by atoms with van der Waals surface area (Å²) in [5.74, 6) is 2.37. The number of thioether (sulfide) groups is 2. The molecule has 1 aliphatic heterocycles. The van der Waals surface area contributed by atoms with Crippen LogP contribution in [0, 0.1) is 55.4 Å². The smallest absolute Gasteiger partial charge is 0.155 e. The molecule has 0 saturated heterocycles. The van der Waals surface area contributed by atoms with Gasteiger partial charge in [-0.1, -0.05) is 101 Å². The summed E-state index contributed by atoms with van der Waals surface area (Å²) in [6, 6.07) is 24.2. The van der Waals surface area contributed by atoms with E-state index in [4.69, 9.17) is 28.9 Å². The Labute approximate surface area is 580 Å². The van der Waals surface area contributed by atoms with Gasteiger partial charge in [-0.15, -0.1) is 23.5 Å². The number of halogens is 3. The van der Waals surface area contributed by atoms with E-state index in [1.165, 1.54) is 32.1 Å². The van der Waals surface area contributed by atoms with E-state index >= 15 is 0 Å². The van der Waals surface area contributed by atoms with E-state index < -0.39 is 10.8 Å². The molecule has 4 aromatic carbocycles. The summed E-state index contributed by atoms with van der Waals surface area (Å²) in [5.41, 5.74) is 22.6. The van der Waals surface area contributed by atoms with Gasteiger partial charge in [0, 0.05) is 107 Å². The van der Waals surface area contributed by atoms with Crippen LogP contribution in [0.3, 0.4) is 0 Å². The molecular weight excluding hydrogens is 1330 g/mol. The van der Waals surface area contributed by atoms with Gasteiger partial charge in [-0.2, -0.15) is 22.8 Å². The number of hydrogen-bond acceptors (Lipinski definition) is 14. The molecule has 0 aliphatic carbocycles. The zero-order chi connectivity index (χ0) is 68.5. The predicted octanol–water partition coefficient (Wildman–Crippen LogP) is 21.5. The number of aromatic nitrogens is 8. The lowest BCUT2D eigenvalue weighted by atomic mass is 10.1. The summed E-state index contributed by atoms with van der Waals surface area (Å²) in [6.07, 6.45) is 7.09. The van der Waals surface area contributed by atoms with Crippen LogP contribution < -0.4 is 16.4 Å². The third-order valence-corrected chi connectivity index (χ3v) is 20.2. The molecule has 1 aliphatic rings. The molecule has 11 rings (SSSR count). The average Bonchev–Trinajstić information content (AvgIpc) is 0.877. The quantitative estimate of drug-likeness (QED) is 0.0656. The Morgan fingerprint density at radius 2 is 0.913 bits per heavy atom. The minimum Gasteiger partial charge on any atom is -0.384 e. The lowest BCUT2D eigenvalue weighted by Gasteiger charge is -2.20. The third-order valence-electron chi connectivity index (χ3n) is 14.1. The number of amidine groups is 1. The van der Waals surface area contributed by atoms with E-state index in [1.807, 2.05) is 134 Å². The Bertz CT molecular complexity index is 4350. The van der Waals surface area contributed by atoms with Crippen molar-refractivity contribution in [2.45, 2.75) is 186 Å². The fourth-order valence-corrected chi connectivity index (χ4v) is 12.9. The standard InChI is InChI=1S/C19H24N4OS.C19H24N4S.C14H16ClNS.C10H7BrClN.C6H10N2.C4H10S/c1-11-9-16-14(10-17(11)25(24)19(4,5)6)15(7-8-20-16)21-18-12(2)13(3)22-23-18;1-11-9-16-14(10-17(11)24-19(4,5)6)15(7-8-20-16)21-18-12(2)13(3)22-23-18;1-9-7-12-10(11(15)5-6-16-12)8-13(9)17-14(2,3)4;1-6-4-10-7(5-8(6)11)9(12)2-3-13-10;1-4-3-8-6(7)5(4)2;1-4(2,3)5/h7-10H,1-6H3,(H2,20,21,22,23);7-10H,1-6H3,(H2,20,21,22,23);5-8H,1-4H3;2-5H,1H3;3H2,1-2H3,(H2,7,8);5H,1-3H3. The van der Waals surface area contributed by atoms with Gasteiger partial charge in [-0.25, -0.2) is 0 Å². The first-order valence-corrected chi connectivity index (χ1v) is 35.1. The van der Waals surface area contributed by atoms with Crippen molar-refractivity contribution >= 4 is 159 Å². The second kappa shape index (κ2) is 31.5. The Hall–Kier alpha value is -5.99. The van der Waals surface area contributed by atoms with E-state index in [2.05, 4.69) is 199 Å². The number of anilines is 4. The first-order chi connectivity index (χ1) is 42.7. The van der Waals surface area contributed by atoms with E-state index in [-0.39, 0.29) is 19.0 Å². The van der Waals surface area contributed by atoms with E-state index in [1.54, 1.807) is 24.7 Å². The number of nitrogens with one attached hydrogen (secondary N) is 4. The second-order valence-corrected chi connectivity index (χ2v) is 35.8. The van der Waals surface area contributed by atoms with Gasteiger partial charge >= 0.3 is 0 Å². The summed E-state index contributed by atoms with van der Waals surface area (Å²) in [7, 11) is -1.10. The Morgan fingerprint density at radius 3 is 1.27 bits per heavy atom. The first-order valence-electron chi connectivity index (χ1n) is 30.3.